The normalized spacial score (nSPS) is 12.0. The molecule has 0 aliphatic heterocycles. The van der Waals surface area contributed by atoms with Crippen molar-refractivity contribution in [2.24, 2.45) is 0 Å². The standard InChI is InChI=1S/C25H25N3O3/c1-16-6-4-7-17(2)23(16)21-9-5-8-20(14-21)18(3)26-22-12-10-19(11-13-22)15-28-24(29)27-25(30)31-28/h4-14,18,26H,15H2,1-3H3,(H,27,29,30). The molecule has 31 heavy (non-hydrogen) atoms. The summed E-state index contributed by atoms with van der Waals surface area (Å²) in [6.45, 7) is 6.62. The fourth-order valence-electron chi connectivity index (χ4n) is 3.86. The van der Waals surface area contributed by atoms with Crippen LogP contribution in [0.15, 0.2) is 80.8 Å². The predicted molar refractivity (Wildman–Crippen MR) is 123 cm³/mol. The van der Waals surface area contributed by atoms with E-state index in [-0.39, 0.29) is 12.6 Å². The molecular formula is C25H25N3O3. The molecule has 0 fully saturated rings. The van der Waals surface area contributed by atoms with Crippen molar-refractivity contribution in [1.82, 2.24) is 9.72 Å². The summed E-state index contributed by atoms with van der Waals surface area (Å²) in [5.41, 5.74) is 7.52. The van der Waals surface area contributed by atoms with Gasteiger partial charge in [0.15, 0.2) is 0 Å². The van der Waals surface area contributed by atoms with Crippen LogP contribution in [-0.4, -0.2) is 9.72 Å². The van der Waals surface area contributed by atoms with Gasteiger partial charge in [0, 0.05) is 11.7 Å². The van der Waals surface area contributed by atoms with Gasteiger partial charge in [-0.05, 0) is 72.4 Å². The highest BCUT2D eigenvalue weighted by atomic mass is 16.5. The van der Waals surface area contributed by atoms with Gasteiger partial charge < -0.3 is 9.84 Å². The molecule has 6 heteroatoms. The highest BCUT2D eigenvalue weighted by Crippen LogP contribution is 2.30. The van der Waals surface area contributed by atoms with Crippen LogP contribution in [0.2, 0.25) is 0 Å². The second kappa shape index (κ2) is 8.52. The molecule has 0 aliphatic rings. The minimum absolute atomic E-state index is 0.112. The molecular weight excluding hydrogens is 390 g/mol. The number of nitrogens with zero attached hydrogens (tertiary/aromatic N) is 1. The van der Waals surface area contributed by atoms with Crippen LogP contribution in [0.25, 0.3) is 11.1 Å². The largest absolute Gasteiger partial charge is 0.440 e. The maximum absolute atomic E-state index is 11.6. The first-order valence-corrected chi connectivity index (χ1v) is 10.2. The smallest absolute Gasteiger partial charge is 0.379 e. The first kappa shape index (κ1) is 20.5. The van der Waals surface area contributed by atoms with Crippen LogP contribution in [-0.2, 0) is 6.54 Å². The molecule has 0 bridgehead atoms. The van der Waals surface area contributed by atoms with Gasteiger partial charge in [-0.15, -0.1) is 4.74 Å². The third-order valence-corrected chi connectivity index (χ3v) is 5.45. The Bertz CT molecular complexity index is 1290. The van der Waals surface area contributed by atoms with Crippen LogP contribution < -0.4 is 16.8 Å². The van der Waals surface area contributed by atoms with E-state index in [1.807, 2.05) is 24.3 Å². The SMILES string of the molecule is Cc1cccc(C)c1-c1cccc(C(C)Nc2ccc(Cn3oc(=O)[nH]c3=O)cc2)c1. The summed E-state index contributed by atoms with van der Waals surface area (Å²) in [6, 6.07) is 22.8. The number of anilines is 1. The van der Waals surface area contributed by atoms with Crippen molar-refractivity contribution in [2.45, 2.75) is 33.4 Å². The molecule has 4 rings (SSSR count). The zero-order valence-corrected chi connectivity index (χ0v) is 17.8. The third-order valence-electron chi connectivity index (χ3n) is 5.45. The third kappa shape index (κ3) is 4.53. The molecule has 1 unspecified atom stereocenters. The lowest BCUT2D eigenvalue weighted by molar-refractivity contribution is 0.258. The van der Waals surface area contributed by atoms with Gasteiger partial charge in [0.1, 0.15) is 0 Å². The maximum atomic E-state index is 11.6. The number of H-pyrrole nitrogens is 1. The molecule has 0 aliphatic carbocycles. The van der Waals surface area contributed by atoms with E-state index in [1.165, 1.54) is 27.8 Å². The second-order valence-corrected chi connectivity index (χ2v) is 7.80. The Balaban J connectivity index is 1.49. The highest BCUT2D eigenvalue weighted by molar-refractivity contribution is 5.71. The quantitative estimate of drug-likeness (QED) is 0.481. The number of aromatic amines is 1. The van der Waals surface area contributed by atoms with Gasteiger partial charge in [0.05, 0.1) is 6.54 Å². The maximum Gasteiger partial charge on any atom is 0.440 e. The summed E-state index contributed by atoms with van der Waals surface area (Å²) in [6.07, 6.45) is 0. The lowest BCUT2D eigenvalue weighted by Gasteiger charge is -2.18. The zero-order valence-electron chi connectivity index (χ0n) is 17.8. The molecule has 0 saturated carbocycles. The van der Waals surface area contributed by atoms with Crippen LogP contribution in [0.5, 0.6) is 0 Å². The lowest BCUT2D eigenvalue weighted by atomic mass is 9.93. The van der Waals surface area contributed by atoms with E-state index in [9.17, 15) is 9.59 Å². The number of benzene rings is 3. The van der Waals surface area contributed by atoms with Gasteiger partial charge >= 0.3 is 11.4 Å². The van der Waals surface area contributed by atoms with Gasteiger partial charge in [-0.3, -0.25) is 0 Å². The minimum atomic E-state index is -0.750. The van der Waals surface area contributed by atoms with E-state index in [4.69, 9.17) is 4.52 Å². The van der Waals surface area contributed by atoms with Crippen molar-refractivity contribution in [1.29, 1.82) is 0 Å². The van der Waals surface area contributed by atoms with Crippen LogP contribution in [0.1, 0.15) is 35.2 Å². The summed E-state index contributed by atoms with van der Waals surface area (Å²) in [5, 5.41) is 3.52. The molecule has 6 nitrogen and oxygen atoms in total. The molecule has 4 aromatic rings. The van der Waals surface area contributed by atoms with E-state index in [1.54, 1.807) is 0 Å². The van der Waals surface area contributed by atoms with Crippen molar-refractivity contribution in [2.75, 3.05) is 5.32 Å². The van der Waals surface area contributed by atoms with E-state index in [2.05, 4.69) is 73.5 Å². The predicted octanol–water partition coefficient (Wildman–Crippen LogP) is 4.63. The average molecular weight is 415 g/mol. The highest BCUT2D eigenvalue weighted by Gasteiger charge is 2.10. The number of hydrogen-bond acceptors (Lipinski definition) is 4. The van der Waals surface area contributed by atoms with Crippen LogP contribution in [0.3, 0.4) is 0 Å². The van der Waals surface area contributed by atoms with Crippen molar-refractivity contribution in [3.63, 3.8) is 0 Å². The topological polar surface area (TPSA) is 80.0 Å². The van der Waals surface area contributed by atoms with E-state index in [0.29, 0.717) is 0 Å². The number of nitrogens with one attached hydrogen (secondary N) is 2. The summed E-state index contributed by atoms with van der Waals surface area (Å²) >= 11 is 0. The Morgan fingerprint density at radius 2 is 1.65 bits per heavy atom. The Kier molecular flexibility index (Phi) is 5.62. The number of hydrogen-bond donors (Lipinski definition) is 2. The minimum Gasteiger partial charge on any atom is -0.379 e. The lowest BCUT2D eigenvalue weighted by Crippen LogP contribution is -2.17. The Hall–Kier alpha value is -3.80. The van der Waals surface area contributed by atoms with Crippen molar-refractivity contribution in [3.8, 4) is 11.1 Å². The van der Waals surface area contributed by atoms with E-state index in [0.717, 1.165) is 16.0 Å². The van der Waals surface area contributed by atoms with Crippen LogP contribution in [0.4, 0.5) is 5.69 Å². The molecule has 158 valence electrons. The van der Waals surface area contributed by atoms with Crippen molar-refractivity contribution in [3.05, 3.63) is 110 Å². The van der Waals surface area contributed by atoms with Gasteiger partial charge in [-0.25, -0.2) is 14.6 Å². The molecule has 2 N–H and O–H groups in total. The second-order valence-electron chi connectivity index (χ2n) is 7.80. The average Bonchev–Trinajstić information content (AvgIpc) is 3.06. The molecule has 1 atom stereocenters. The monoisotopic (exact) mass is 415 g/mol. The Morgan fingerprint density at radius 1 is 0.968 bits per heavy atom. The first-order chi connectivity index (χ1) is 14.9. The molecule has 0 amide bonds. The molecule has 1 heterocycles. The van der Waals surface area contributed by atoms with Gasteiger partial charge in [0.25, 0.3) is 0 Å². The summed E-state index contributed by atoms with van der Waals surface area (Å²) in [5.74, 6) is -0.750. The fraction of sp³-hybridized carbons (Fsp3) is 0.200. The summed E-state index contributed by atoms with van der Waals surface area (Å²) in [4.78, 5) is 24.8. The zero-order chi connectivity index (χ0) is 22.0. The van der Waals surface area contributed by atoms with Crippen molar-refractivity contribution >= 4 is 5.69 Å². The van der Waals surface area contributed by atoms with Gasteiger partial charge in [-0.2, -0.15) is 0 Å². The molecule has 0 saturated heterocycles. The van der Waals surface area contributed by atoms with Crippen LogP contribution >= 0.6 is 0 Å². The first-order valence-electron chi connectivity index (χ1n) is 10.2. The molecule has 1 aromatic heterocycles. The van der Waals surface area contributed by atoms with Gasteiger partial charge in [0.2, 0.25) is 0 Å². The summed E-state index contributed by atoms with van der Waals surface area (Å²) < 4.78 is 5.82. The Morgan fingerprint density at radius 3 is 2.29 bits per heavy atom. The van der Waals surface area contributed by atoms with E-state index < -0.39 is 11.4 Å². The molecule has 3 aromatic carbocycles. The van der Waals surface area contributed by atoms with Crippen molar-refractivity contribution < 1.29 is 4.52 Å². The van der Waals surface area contributed by atoms with E-state index >= 15 is 0 Å². The molecule has 0 spiro atoms. The van der Waals surface area contributed by atoms with Crippen LogP contribution in [0, 0.1) is 13.8 Å². The number of rotatable bonds is 6. The summed E-state index contributed by atoms with van der Waals surface area (Å²) in [7, 11) is 0. The number of aromatic nitrogens is 2. The fourth-order valence-corrected chi connectivity index (χ4v) is 3.86. The number of aryl methyl sites for hydroxylation is 2. The Labute approximate surface area is 180 Å². The van der Waals surface area contributed by atoms with Gasteiger partial charge in [-0.1, -0.05) is 48.5 Å². The molecule has 0 radical (unpaired) electrons.